The highest BCUT2D eigenvalue weighted by Gasteiger charge is 2.25. The van der Waals surface area contributed by atoms with Crippen LogP contribution in [-0.2, 0) is 0 Å². The van der Waals surface area contributed by atoms with Crippen LogP contribution in [0.3, 0.4) is 0 Å². The Labute approximate surface area is 187 Å². The molecule has 0 spiro atoms. The number of halogens is 1. The number of rotatable bonds is 3. The summed E-state index contributed by atoms with van der Waals surface area (Å²) in [6.07, 6.45) is 0. The summed E-state index contributed by atoms with van der Waals surface area (Å²) in [5.74, 6) is 1.34. The minimum absolute atomic E-state index is 0.239. The Morgan fingerprint density at radius 1 is 0.968 bits per heavy atom. The van der Waals surface area contributed by atoms with Gasteiger partial charge < -0.3 is 9.80 Å². The molecule has 0 radical (unpaired) electrons. The summed E-state index contributed by atoms with van der Waals surface area (Å²) in [5, 5.41) is 10.7. The fraction of sp³-hybridized carbons (Fsp3) is 0.280. The van der Waals surface area contributed by atoms with Gasteiger partial charge in [0.05, 0.1) is 27.3 Å². The Morgan fingerprint density at radius 3 is 2.35 bits per heavy atom. The molecule has 5 rings (SSSR count). The molecule has 3 heterocycles. The standard InChI is InChI=1S/C25H24ClN5/c1-17(2)18-15-24(30-13-11-29(12-14-30)22-9-5-3-7-20(22)26)31-23-10-6-4-8-21(23)28-25(31)19(18)16-27/h3-10,15,17H,11-14H2,1-2H3. The van der Waals surface area contributed by atoms with Crippen molar-refractivity contribution in [3.05, 3.63) is 70.7 Å². The molecule has 0 amide bonds. The summed E-state index contributed by atoms with van der Waals surface area (Å²) in [4.78, 5) is 9.59. The number of nitriles is 1. The first kappa shape index (κ1) is 19.7. The maximum absolute atomic E-state index is 9.94. The number of pyridine rings is 1. The zero-order valence-electron chi connectivity index (χ0n) is 17.7. The predicted octanol–water partition coefficient (Wildman–Crippen LogP) is 5.46. The van der Waals surface area contributed by atoms with E-state index in [1.54, 1.807) is 0 Å². The molecule has 1 fully saturated rings. The third-order valence-electron chi connectivity index (χ3n) is 6.12. The zero-order chi connectivity index (χ0) is 21.5. The lowest BCUT2D eigenvalue weighted by molar-refractivity contribution is 0.645. The Morgan fingerprint density at radius 2 is 1.65 bits per heavy atom. The van der Waals surface area contributed by atoms with E-state index in [0.717, 1.165) is 65.0 Å². The molecule has 0 atom stereocenters. The molecule has 0 unspecified atom stereocenters. The van der Waals surface area contributed by atoms with Crippen LogP contribution in [0.4, 0.5) is 11.5 Å². The van der Waals surface area contributed by atoms with Gasteiger partial charge in [-0.25, -0.2) is 4.98 Å². The van der Waals surface area contributed by atoms with Crippen molar-refractivity contribution < 1.29 is 0 Å². The Bertz CT molecular complexity index is 1310. The first-order valence-electron chi connectivity index (χ1n) is 10.7. The number of anilines is 2. The lowest BCUT2D eigenvalue weighted by Gasteiger charge is -2.38. The molecule has 31 heavy (non-hydrogen) atoms. The lowest BCUT2D eigenvalue weighted by Crippen LogP contribution is -2.47. The fourth-order valence-corrected chi connectivity index (χ4v) is 4.77. The van der Waals surface area contributed by atoms with Crippen molar-refractivity contribution >= 4 is 39.8 Å². The number of aromatic nitrogens is 2. The third-order valence-corrected chi connectivity index (χ3v) is 6.44. The second-order valence-corrected chi connectivity index (χ2v) is 8.69. The molecule has 0 N–H and O–H groups in total. The zero-order valence-corrected chi connectivity index (χ0v) is 18.5. The van der Waals surface area contributed by atoms with Crippen LogP contribution >= 0.6 is 11.6 Å². The van der Waals surface area contributed by atoms with E-state index in [4.69, 9.17) is 16.6 Å². The molecule has 0 bridgehead atoms. The molecule has 2 aromatic carbocycles. The number of benzene rings is 2. The van der Waals surface area contributed by atoms with Crippen molar-refractivity contribution in [3.8, 4) is 6.07 Å². The summed E-state index contributed by atoms with van der Waals surface area (Å²) in [6.45, 7) is 7.78. The average Bonchev–Trinajstić information content (AvgIpc) is 3.18. The number of hydrogen-bond donors (Lipinski definition) is 0. The fourth-order valence-electron chi connectivity index (χ4n) is 4.52. The van der Waals surface area contributed by atoms with Gasteiger partial charge in [-0.15, -0.1) is 0 Å². The van der Waals surface area contributed by atoms with Crippen molar-refractivity contribution in [3.63, 3.8) is 0 Å². The third kappa shape index (κ3) is 3.28. The molecule has 6 heteroatoms. The molecule has 2 aromatic heterocycles. The molecule has 156 valence electrons. The van der Waals surface area contributed by atoms with E-state index in [1.165, 1.54) is 0 Å². The van der Waals surface area contributed by atoms with E-state index in [2.05, 4.69) is 52.3 Å². The largest absolute Gasteiger partial charge is 0.367 e. The van der Waals surface area contributed by atoms with E-state index < -0.39 is 0 Å². The summed E-state index contributed by atoms with van der Waals surface area (Å²) in [7, 11) is 0. The second kappa shape index (κ2) is 7.79. The van der Waals surface area contributed by atoms with E-state index in [-0.39, 0.29) is 5.92 Å². The molecule has 0 aliphatic carbocycles. The number of hydrogen-bond acceptors (Lipinski definition) is 4. The minimum atomic E-state index is 0.239. The van der Waals surface area contributed by atoms with Gasteiger partial charge in [-0.2, -0.15) is 5.26 Å². The monoisotopic (exact) mass is 429 g/mol. The maximum atomic E-state index is 9.94. The average molecular weight is 430 g/mol. The van der Waals surface area contributed by atoms with Crippen LogP contribution in [0, 0.1) is 11.3 Å². The molecule has 1 aliphatic rings. The highest BCUT2D eigenvalue weighted by Crippen LogP contribution is 2.33. The SMILES string of the molecule is CC(C)c1cc(N2CCN(c3ccccc3Cl)CC2)n2c(nc3ccccc32)c1C#N. The quantitative estimate of drug-likeness (QED) is 0.433. The lowest BCUT2D eigenvalue weighted by atomic mass is 9.98. The van der Waals surface area contributed by atoms with Crippen LogP contribution in [0.25, 0.3) is 16.7 Å². The van der Waals surface area contributed by atoms with Crippen molar-refractivity contribution in [2.75, 3.05) is 36.0 Å². The first-order valence-corrected chi connectivity index (χ1v) is 11.0. The number of para-hydroxylation sites is 3. The molecule has 1 saturated heterocycles. The summed E-state index contributed by atoms with van der Waals surface area (Å²) >= 11 is 6.43. The van der Waals surface area contributed by atoms with Crippen LogP contribution in [0.5, 0.6) is 0 Å². The number of nitrogens with zero attached hydrogens (tertiary/aromatic N) is 5. The van der Waals surface area contributed by atoms with Crippen LogP contribution in [0.1, 0.15) is 30.9 Å². The van der Waals surface area contributed by atoms with Gasteiger partial charge in [0, 0.05) is 26.2 Å². The second-order valence-electron chi connectivity index (χ2n) is 8.28. The summed E-state index contributed by atoms with van der Waals surface area (Å²) in [6, 6.07) is 20.7. The molecule has 4 aromatic rings. The van der Waals surface area contributed by atoms with E-state index in [9.17, 15) is 5.26 Å². The van der Waals surface area contributed by atoms with Gasteiger partial charge in [-0.1, -0.05) is 49.7 Å². The molecular formula is C25H24ClN5. The van der Waals surface area contributed by atoms with Crippen LogP contribution < -0.4 is 9.80 Å². The van der Waals surface area contributed by atoms with Gasteiger partial charge in [-0.05, 0) is 41.8 Å². The van der Waals surface area contributed by atoms with E-state index in [0.29, 0.717) is 5.56 Å². The molecule has 1 aliphatic heterocycles. The van der Waals surface area contributed by atoms with Crippen molar-refractivity contribution in [1.29, 1.82) is 5.26 Å². The molecule has 5 nitrogen and oxygen atoms in total. The van der Waals surface area contributed by atoms with E-state index >= 15 is 0 Å². The van der Waals surface area contributed by atoms with Crippen LogP contribution in [0.2, 0.25) is 5.02 Å². The minimum Gasteiger partial charge on any atom is -0.367 e. The van der Waals surface area contributed by atoms with Gasteiger partial charge in [0.2, 0.25) is 0 Å². The Hall–Kier alpha value is -3.23. The van der Waals surface area contributed by atoms with Gasteiger partial charge in [0.1, 0.15) is 11.9 Å². The van der Waals surface area contributed by atoms with Crippen molar-refractivity contribution in [1.82, 2.24) is 9.38 Å². The van der Waals surface area contributed by atoms with Gasteiger partial charge in [0.25, 0.3) is 0 Å². The summed E-state index contributed by atoms with van der Waals surface area (Å²) < 4.78 is 2.16. The number of fused-ring (bicyclic) bond motifs is 3. The summed E-state index contributed by atoms with van der Waals surface area (Å²) in [5.41, 5.74) is 5.50. The Balaban J connectivity index is 1.60. The smallest absolute Gasteiger partial charge is 0.157 e. The van der Waals surface area contributed by atoms with Crippen LogP contribution in [-0.4, -0.2) is 35.6 Å². The first-order chi connectivity index (χ1) is 15.1. The topological polar surface area (TPSA) is 47.6 Å². The van der Waals surface area contributed by atoms with Gasteiger partial charge in [0.15, 0.2) is 5.65 Å². The van der Waals surface area contributed by atoms with Gasteiger partial charge in [-0.3, -0.25) is 4.40 Å². The van der Waals surface area contributed by atoms with Crippen molar-refractivity contribution in [2.45, 2.75) is 19.8 Å². The number of imidazole rings is 1. The van der Waals surface area contributed by atoms with E-state index in [1.807, 2.05) is 36.4 Å². The Kier molecular flexibility index (Phi) is 4.95. The highest BCUT2D eigenvalue weighted by molar-refractivity contribution is 6.33. The maximum Gasteiger partial charge on any atom is 0.157 e. The highest BCUT2D eigenvalue weighted by atomic mass is 35.5. The number of piperazine rings is 1. The van der Waals surface area contributed by atoms with Crippen molar-refractivity contribution in [2.24, 2.45) is 0 Å². The molecular weight excluding hydrogens is 406 g/mol. The molecule has 0 saturated carbocycles. The van der Waals surface area contributed by atoms with Gasteiger partial charge >= 0.3 is 0 Å². The van der Waals surface area contributed by atoms with Crippen LogP contribution in [0.15, 0.2) is 54.6 Å². The predicted molar refractivity (Wildman–Crippen MR) is 127 cm³/mol. The normalized spacial score (nSPS) is 14.5.